The number of carbonyl (C=O) groups is 2. The number of nitrogens with one attached hydrogen (secondary N) is 2. The largest absolute Gasteiger partial charge is 0.326 e. The van der Waals surface area contributed by atoms with Crippen LogP contribution in [0.15, 0.2) is 30.4 Å². The maximum Gasteiger partial charge on any atom is 0.228 e. The molecule has 1 fully saturated rings. The summed E-state index contributed by atoms with van der Waals surface area (Å²) >= 11 is 0. The van der Waals surface area contributed by atoms with Gasteiger partial charge in [-0.25, -0.2) is 4.39 Å². The minimum Gasteiger partial charge on any atom is -0.326 e. The third-order valence-electron chi connectivity index (χ3n) is 4.16. The minimum atomic E-state index is -0.504. The molecule has 2 N–H and O–H groups in total. The number of halogens is 1. The van der Waals surface area contributed by atoms with Crippen molar-refractivity contribution in [3.05, 3.63) is 36.2 Å². The molecule has 1 saturated carbocycles. The molecule has 0 aromatic heterocycles. The van der Waals surface area contributed by atoms with Crippen LogP contribution in [-0.2, 0) is 9.59 Å². The molecule has 3 unspecified atom stereocenters. The van der Waals surface area contributed by atoms with E-state index in [1.807, 2.05) is 0 Å². The van der Waals surface area contributed by atoms with Gasteiger partial charge in [-0.1, -0.05) is 12.2 Å². The fourth-order valence-electron chi connectivity index (χ4n) is 3.21. The summed E-state index contributed by atoms with van der Waals surface area (Å²) in [5.74, 6) is -0.208. The molecule has 0 radical (unpaired) electrons. The molecule has 5 heteroatoms. The number of fused-ring (bicyclic) bond motifs is 2. The van der Waals surface area contributed by atoms with Crippen molar-refractivity contribution in [2.45, 2.75) is 19.8 Å². The Morgan fingerprint density at radius 3 is 2.62 bits per heavy atom. The average Bonchev–Trinajstić information content (AvgIpc) is 3.04. The van der Waals surface area contributed by atoms with E-state index in [2.05, 4.69) is 22.8 Å². The van der Waals surface area contributed by atoms with E-state index in [-0.39, 0.29) is 29.3 Å². The number of amides is 2. The summed E-state index contributed by atoms with van der Waals surface area (Å²) in [6.07, 6.45) is 6.10. The van der Waals surface area contributed by atoms with Crippen LogP contribution in [0.3, 0.4) is 0 Å². The number of hydrogen-bond acceptors (Lipinski definition) is 2. The lowest BCUT2D eigenvalue weighted by atomic mass is 9.93. The monoisotopic (exact) mass is 288 g/mol. The van der Waals surface area contributed by atoms with Crippen LogP contribution in [0.2, 0.25) is 0 Å². The molecule has 21 heavy (non-hydrogen) atoms. The zero-order chi connectivity index (χ0) is 15.0. The number of hydrogen-bond donors (Lipinski definition) is 2. The van der Waals surface area contributed by atoms with Crippen molar-refractivity contribution >= 4 is 23.2 Å². The SMILES string of the molecule is CC(=O)Nc1ccc(F)c(NC(=O)C2CC3C=CC2C3)c1. The lowest BCUT2D eigenvalue weighted by Gasteiger charge is -2.18. The van der Waals surface area contributed by atoms with Crippen LogP contribution in [0.25, 0.3) is 0 Å². The first-order valence-electron chi connectivity index (χ1n) is 7.09. The fourth-order valence-corrected chi connectivity index (χ4v) is 3.21. The summed E-state index contributed by atoms with van der Waals surface area (Å²) in [4.78, 5) is 23.3. The Morgan fingerprint density at radius 2 is 2.00 bits per heavy atom. The van der Waals surface area contributed by atoms with Gasteiger partial charge in [-0.05, 0) is 42.9 Å². The van der Waals surface area contributed by atoms with Gasteiger partial charge in [0.15, 0.2) is 0 Å². The molecule has 110 valence electrons. The van der Waals surface area contributed by atoms with Crippen LogP contribution in [-0.4, -0.2) is 11.8 Å². The Labute approximate surface area is 122 Å². The second kappa shape index (κ2) is 5.31. The Hall–Kier alpha value is -2.17. The van der Waals surface area contributed by atoms with Gasteiger partial charge in [0.2, 0.25) is 11.8 Å². The van der Waals surface area contributed by atoms with Crippen molar-refractivity contribution in [2.24, 2.45) is 17.8 Å². The van der Waals surface area contributed by atoms with Gasteiger partial charge < -0.3 is 10.6 Å². The summed E-state index contributed by atoms with van der Waals surface area (Å²) in [5.41, 5.74) is 0.574. The summed E-state index contributed by atoms with van der Waals surface area (Å²) in [7, 11) is 0. The van der Waals surface area contributed by atoms with E-state index in [4.69, 9.17) is 0 Å². The molecule has 2 bridgehead atoms. The molecular weight excluding hydrogens is 271 g/mol. The van der Waals surface area contributed by atoms with E-state index in [0.717, 1.165) is 12.8 Å². The molecule has 0 aliphatic heterocycles. The Morgan fingerprint density at radius 1 is 1.19 bits per heavy atom. The van der Waals surface area contributed by atoms with E-state index >= 15 is 0 Å². The number of anilines is 2. The molecular formula is C16H17FN2O2. The van der Waals surface area contributed by atoms with Crippen molar-refractivity contribution in [3.8, 4) is 0 Å². The summed E-state index contributed by atoms with van der Waals surface area (Å²) in [6, 6.07) is 4.14. The topological polar surface area (TPSA) is 58.2 Å². The van der Waals surface area contributed by atoms with Crippen LogP contribution >= 0.6 is 0 Å². The Balaban J connectivity index is 1.73. The van der Waals surface area contributed by atoms with Gasteiger partial charge in [0, 0.05) is 18.5 Å². The van der Waals surface area contributed by atoms with E-state index < -0.39 is 5.82 Å². The normalized spacial score (nSPS) is 25.9. The van der Waals surface area contributed by atoms with E-state index in [9.17, 15) is 14.0 Å². The van der Waals surface area contributed by atoms with Crippen molar-refractivity contribution in [3.63, 3.8) is 0 Å². The predicted molar refractivity (Wildman–Crippen MR) is 78.2 cm³/mol. The van der Waals surface area contributed by atoms with E-state index in [0.29, 0.717) is 11.6 Å². The van der Waals surface area contributed by atoms with Crippen LogP contribution < -0.4 is 10.6 Å². The average molecular weight is 288 g/mol. The molecule has 1 aromatic rings. The first-order chi connectivity index (χ1) is 10.0. The zero-order valence-corrected chi connectivity index (χ0v) is 11.7. The second-order valence-corrected chi connectivity index (χ2v) is 5.75. The highest BCUT2D eigenvalue weighted by Crippen LogP contribution is 2.43. The van der Waals surface area contributed by atoms with Crippen molar-refractivity contribution < 1.29 is 14.0 Å². The lowest BCUT2D eigenvalue weighted by molar-refractivity contribution is -0.120. The van der Waals surface area contributed by atoms with Crippen LogP contribution in [0.5, 0.6) is 0 Å². The maximum absolute atomic E-state index is 13.8. The standard InChI is InChI=1S/C16H17FN2O2/c1-9(20)18-12-4-5-14(17)15(8-12)19-16(21)13-7-10-2-3-11(13)6-10/h2-5,8,10-11,13H,6-7H2,1H3,(H,18,20)(H,19,21). The smallest absolute Gasteiger partial charge is 0.228 e. The van der Waals surface area contributed by atoms with Crippen molar-refractivity contribution in [2.75, 3.05) is 10.6 Å². The first kappa shape index (κ1) is 13.8. The lowest BCUT2D eigenvalue weighted by Crippen LogP contribution is -2.26. The number of rotatable bonds is 3. The molecule has 2 aliphatic rings. The predicted octanol–water partition coefficient (Wildman–Crippen LogP) is 2.93. The van der Waals surface area contributed by atoms with Crippen molar-refractivity contribution in [1.29, 1.82) is 0 Å². The van der Waals surface area contributed by atoms with Crippen LogP contribution in [0, 0.1) is 23.6 Å². The Kier molecular flexibility index (Phi) is 3.49. The fraction of sp³-hybridized carbons (Fsp3) is 0.375. The Bertz CT molecular complexity index is 627. The highest BCUT2D eigenvalue weighted by molar-refractivity contribution is 5.95. The third kappa shape index (κ3) is 2.82. The molecule has 1 aromatic carbocycles. The minimum absolute atomic E-state index is 0.0798. The molecule has 3 atom stereocenters. The highest BCUT2D eigenvalue weighted by Gasteiger charge is 2.39. The summed E-state index contributed by atoms with van der Waals surface area (Å²) < 4.78 is 13.8. The molecule has 3 rings (SSSR count). The van der Waals surface area contributed by atoms with Gasteiger partial charge >= 0.3 is 0 Å². The molecule has 2 aliphatic carbocycles. The number of carbonyl (C=O) groups excluding carboxylic acids is 2. The maximum atomic E-state index is 13.8. The molecule has 0 spiro atoms. The van der Waals surface area contributed by atoms with Gasteiger partial charge in [0.05, 0.1) is 5.69 Å². The van der Waals surface area contributed by atoms with Gasteiger partial charge in [-0.15, -0.1) is 0 Å². The third-order valence-corrected chi connectivity index (χ3v) is 4.16. The molecule has 0 heterocycles. The summed E-state index contributed by atoms with van der Waals surface area (Å²) in [6.45, 7) is 1.38. The zero-order valence-electron chi connectivity index (χ0n) is 11.7. The number of allylic oxidation sites excluding steroid dienone is 2. The van der Waals surface area contributed by atoms with Gasteiger partial charge in [-0.3, -0.25) is 9.59 Å². The quantitative estimate of drug-likeness (QED) is 0.840. The van der Waals surface area contributed by atoms with Crippen LogP contribution in [0.4, 0.5) is 15.8 Å². The molecule has 2 amide bonds. The van der Waals surface area contributed by atoms with Gasteiger partial charge in [0.1, 0.15) is 5.82 Å². The van der Waals surface area contributed by atoms with Gasteiger partial charge in [0.25, 0.3) is 0 Å². The van der Waals surface area contributed by atoms with Gasteiger partial charge in [-0.2, -0.15) is 0 Å². The van der Waals surface area contributed by atoms with E-state index in [1.165, 1.54) is 25.1 Å². The summed E-state index contributed by atoms with van der Waals surface area (Å²) in [5, 5.41) is 5.23. The first-order valence-corrected chi connectivity index (χ1v) is 7.09. The van der Waals surface area contributed by atoms with Crippen LogP contribution in [0.1, 0.15) is 19.8 Å². The molecule has 0 saturated heterocycles. The van der Waals surface area contributed by atoms with E-state index in [1.54, 1.807) is 0 Å². The number of benzene rings is 1. The second-order valence-electron chi connectivity index (χ2n) is 5.75. The van der Waals surface area contributed by atoms with Crippen molar-refractivity contribution in [1.82, 2.24) is 0 Å². The molecule has 4 nitrogen and oxygen atoms in total. The highest BCUT2D eigenvalue weighted by atomic mass is 19.1.